The molecule has 2 aliphatic rings. The molecule has 0 aromatic carbocycles. The lowest BCUT2D eigenvalue weighted by molar-refractivity contribution is -0.145. The van der Waals surface area contributed by atoms with Gasteiger partial charge in [-0.2, -0.15) is 0 Å². The van der Waals surface area contributed by atoms with Crippen LogP contribution in [0.25, 0.3) is 0 Å². The van der Waals surface area contributed by atoms with Gasteiger partial charge in [-0.15, -0.1) is 0 Å². The van der Waals surface area contributed by atoms with Gasteiger partial charge in [0, 0.05) is 31.6 Å². The number of carboxylic acid groups (broad SMARTS) is 1. The molecule has 33 heavy (non-hydrogen) atoms. The molecule has 2 fully saturated rings. The van der Waals surface area contributed by atoms with Crippen molar-refractivity contribution < 1.29 is 38.6 Å². The summed E-state index contributed by atoms with van der Waals surface area (Å²) >= 11 is 0. The third-order valence-electron chi connectivity index (χ3n) is 5.88. The molecular weight excluding hydrogens is 434 g/mol. The molecule has 0 saturated heterocycles. The molecule has 0 spiro atoms. The van der Waals surface area contributed by atoms with E-state index < -0.39 is 30.1 Å². The molecule has 11 nitrogen and oxygen atoms in total. The SMILES string of the molecule is COC(=O)C(CC1CCCCC1=O)NC(C)=O.NC(=O)NC(CC1CCCCC1=O)C(=O)O. The summed E-state index contributed by atoms with van der Waals surface area (Å²) in [7, 11) is 1.28. The van der Waals surface area contributed by atoms with Crippen LogP contribution in [0, 0.1) is 11.8 Å². The first-order valence-electron chi connectivity index (χ1n) is 11.2. The van der Waals surface area contributed by atoms with Crippen LogP contribution in [0.4, 0.5) is 4.79 Å². The number of hydrogen-bond acceptors (Lipinski definition) is 7. The van der Waals surface area contributed by atoms with Crippen molar-refractivity contribution in [3.05, 3.63) is 0 Å². The zero-order chi connectivity index (χ0) is 25.0. The van der Waals surface area contributed by atoms with Gasteiger partial charge in [0.25, 0.3) is 0 Å². The second-order valence-electron chi connectivity index (χ2n) is 8.47. The van der Waals surface area contributed by atoms with Crippen LogP contribution in [0.15, 0.2) is 0 Å². The van der Waals surface area contributed by atoms with Crippen molar-refractivity contribution in [2.75, 3.05) is 7.11 Å². The molecule has 0 radical (unpaired) electrons. The molecule has 2 aliphatic carbocycles. The Hall–Kier alpha value is -2.98. The Bertz CT molecular complexity index is 739. The van der Waals surface area contributed by atoms with Gasteiger partial charge >= 0.3 is 18.0 Å². The van der Waals surface area contributed by atoms with Crippen LogP contribution in [0.3, 0.4) is 0 Å². The minimum Gasteiger partial charge on any atom is -0.480 e. The van der Waals surface area contributed by atoms with Gasteiger partial charge < -0.3 is 26.2 Å². The van der Waals surface area contributed by atoms with Crippen molar-refractivity contribution >= 4 is 35.4 Å². The Balaban J connectivity index is 0.000000331. The lowest BCUT2D eigenvalue weighted by atomic mass is 9.83. The largest absolute Gasteiger partial charge is 0.480 e. The molecule has 2 saturated carbocycles. The number of carbonyl (C=O) groups excluding carboxylic acids is 5. The molecule has 4 atom stereocenters. The summed E-state index contributed by atoms with van der Waals surface area (Å²) in [6.07, 6.45) is 6.81. The van der Waals surface area contributed by atoms with Crippen molar-refractivity contribution in [1.29, 1.82) is 0 Å². The van der Waals surface area contributed by atoms with E-state index in [-0.39, 0.29) is 35.7 Å². The maximum atomic E-state index is 11.7. The molecule has 186 valence electrons. The van der Waals surface area contributed by atoms with Gasteiger partial charge in [-0.05, 0) is 38.5 Å². The number of aliphatic carboxylic acids is 1. The molecular formula is C22H35N3O8. The monoisotopic (exact) mass is 469 g/mol. The summed E-state index contributed by atoms with van der Waals surface area (Å²) < 4.78 is 4.63. The number of Topliss-reactive ketones (excluding diaryl/α,β-unsaturated/α-hetero) is 2. The second-order valence-corrected chi connectivity index (χ2v) is 8.47. The van der Waals surface area contributed by atoms with Crippen molar-refractivity contribution in [3.63, 3.8) is 0 Å². The predicted molar refractivity (Wildman–Crippen MR) is 117 cm³/mol. The summed E-state index contributed by atoms with van der Waals surface area (Å²) in [4.78, 5) is 67.1. The Kier molecular flexibility index (Phi) is 12.1. The van der Waals surface area contributed by atoms with E-state index in [2.05, 4.69) is 15.4 Å². The number of ketones is 2. The van der Waals surface area contributed by atoms with E-state index >= 15 is 0 Å². The Morgan fingerprint density at radius 1 is 0.939 bits per heavy atom. The van der Waals surface area contributed by atoms with Crippen LogP contribution in [-0.4, -0.2) is 59.7 Å². The quantitative estimate of drug-likeness (QED) is 0.381. The molecule has 2 rings (SSSR count). The van der Waals surface area contributed by atoms with E-state index in [0.29, 0.717) is 25.7 Å². The van der Waals surface area contributed by atoms with Gasteiger partial charge in [-0.25, -0.2) is 14.4 Å². The van der Waals surface area contributed by atoms with Crippen LogP contribution in [-0.2, 0) is 28.7 Å². The summed E-state index contributed by atoms with van der Waals surface area (Å²) in [6, 6.07) is -2.65. The Morgan fingerprint density at radius 3 is 1.79 bits per heavy atom. The smallest absolute Gasteiger partial charge is 0.328 e. The number of nitrogens with two attached hydrogens (primary N) is 1. The van der Waals surface area contributed by atoms with E-state index in [9.17, 15) is 28.8 Å². The molecule has 3 amide bonds. The average Bonchev–Trinajstić information content (AvgIpc) is 2.75. The summed E-state index contributed by atoms with van der Waals surface area (Å²) in [5, 5.41) is 13.5. The maximum Gasteiger partial charge on any atom is 0.328 e. The number of esters is 1. The van der Waals surface area contributed by atoms with Gasteiger partial charge in [-0.3, -0.25) is 14.4 Å². The van der Waals surface area contributed by atoms with Gasteiger partial charge in [0.05, 0.1) is 7.11 Å². The first-order valence-corrected chi connectivity index (χ1v) is 11.2. The van der Waals surface area contributed by atoms with Gasteiger partial charge in [0.15, 0.2) is 0 Å². The zero-order valence-corrected chi connectivity index (χ0v) is 19.3. The minimum atomic E-state index is -1.16. The fraction of sp³-hybridized carbons (Fsp3) is 0.727. The molecule has 0 aliphatic heterocycles. The normalized spacial score (nSPS) is 22.1. The highest BCUT2D eigenvalue weighted by Crippen LogP contribution is 2.25. The number of urea groups is 1. The first kappa shape index (κ1) is 28.1. The molecule has 4 unspecified atom stereocenters. The van der Waals surface area contributed by atoms with E-state index in [1.54, 1.807) is 0 Å². The number of carboxylic acids is 1. The first-order chi connectivity index (χ1) is 15.5. The van der Waals surface area contributed by atoms with Gasteiger partial charge in [0.2, 0.25) is 5.91 Å². The average molecular weight is 470 g/mol. The molecule has 0 heterocycles. The van der Waals surface area contributed by atoms with E-state index in [0.717, 1.165) is 32.1 Å². The van der Waals surface area contributed by atoms with Gasteiger partial charge in [0.1, 0.15) is 23.7 Å². The summed E-state index contributed by atoms with van der Waals surface area (Å²) in [5.41, 5.74) is 4.87. The number of ether oxygens (including phenoxy) is 1. The Morgan fingerprint density at radius 2 is 1.42 bits per heavy atom. The summed E-state index contributed by atoms with van der Waals surface area (Å²) in [5.74, 6) is -2.04. The highest BCUT2D eigenvalue weighted by molar-refractivity contribution is 5.86. The summed E-state index contributed by atoms with van der Waals surface area (Å²) in [6.45, 7) is 1.35. The maximum absolute atomic E-state index is 11.7. The number of methoxy groups -OCH3 is 1. The molecule has 0 bridgehead atoms. The van der Waals surface area contributed by atoms with Crippen LogP contribution >= 0.6 is 0 Å². The van der Waals surface area contributed by atoms with Crippen LogP contribution in [0.1, 0.15) is 71.1 Å². The van der Waals surface area contributed by atoms with E-state index in [1.165, 1.54) is 14.0 Å². The lowest BCUT2D eigenvalue weighted by Gasteiger charge is -2.24. The van der Waals surface area contributed by atoms with Crippen molar-refractivity contribution in [1.82, 2.24) is 10.6 Å². The number of carbonyl (C=O) groups is 6. The molecule has 11 heteroatoms. The minimum absolute atomic E-state index is 0.0868. The van der Waals surface area contributed by atoms with Crippen LogP contribution in [0.5, 0.6) is 0 Å². The standard InChI is InChI=1S/C12H19NO4.C10H16N2O4/c1-8(14)13-10(12(16)17-2)7-9-5-3-4-6-11(9)15;11-10(16)12-7(9(14)15)5-6-3-1-2-4-8(6)13/h9-10H,3-7H2,1-2H3,(H,13,14);6-7H,1-5H2,(H,14,15)(H3,11,12,16). The number of nitrogens with one attached hydrogen (secondary N) is 2. The van der Waals surface area contributed by atoms with Gasteiger partial charge in [-0.1, -0.05) is 12.8 Å². The predicted octanol–water partition coefficient (Wildman–Crippen LogP) is 1.07. The third kappa shape index (κ3) is 10.5. The highest BCUT2D eigenvalue weighted by Gasteiger charge is 2.30. The number of hydrogen-bond donors (Lipinski definition) is 4. The zero-order valence-electron chi connectivity index (χ0n) is 19.3. The highest BCUT2D eigenvalue weighted by atomic mass is 16.5. The van der Waals surface area contributed by atoms with Crippen LogP contribution in [0.2, 0.25) is 0 Å². The topological polar surface area (TPSA) is 182 Å². The van der Waals surface area contributed by atoms with Crippen LogP contribution < -0.4 is 16.4 Å². The van der Waals surface area contributed by atoms with Crippen molar-refractivity contribution in [3.8, 4) is 0 Å². The lowest BCUT2D eigenvalue weighted by Crippen LogP contribution is -2.45. The Labute approximate surface area is 193 Å². The third-order valence-corrected chi connectivity index (χ3v) is 5.88. The molecule has 0 aromatic rings. The number of rotatable bonds is 8. The second kappa shape index (κ2) is 14.2. The molecule has 0 aromatic heterocycles. The number of primary amides is 1. The van der Waals surface area contributed by atoms with Crippen molar-refractivity contribution in [2.24, 2.45) is 17.6 Å². The molecule has 5 N–H and O–H groups in total. The number of amides is 3. The fourth-order valence-corrected chi connectivity index (χ4v) is 4.17. The fourth-order valence-electron chi connectivity index (χ4n) is 4.17. The van der Waals surface area contributed by atoms with E-state index in [1.807, 2.05) is 0 Å². The van der Waals surface area contributed by atoms with E-state index in [4.69, 9.17) is 10.8 Å². The van der Waals surface area contributed by atoms with Crippen molar-refractivity contribution in [2.45, 2.75) is 83.2 Å².